The lowest BCUT2D eigenvalue weighted by atomic mass is 10.2. The largest absolute Gasteiger partial charge is 0.348 e. The summed E-state index contributed by atoms with van der Waals surface area (Å²) in [6, 6.07) is 6.06. The minimum Gasteiger partial charge on any atom is -0.348 e. The molecule has 1 aliphatic heterocycles. The van der Waals surface area contributed by atoms with E-state index in [2.05, 4.69) is 10.3 Å². The van der Waals surface area contributed by atoms with Gasteiger partial charge in [0.05, 0.1) is 11.4 Å². The minimum absolute atomic E-state index is 0.230. The van der Waals surface area contributed by atoms with Gasteiger partial charge in [-0.3, -0.25) is 4.79 Å². The first-order valence-electron chi connectivity index (χ1n) is 8.15. The van der Waals surface area contributed by atoms with Gasteiger partial charge in [0.2, 0.25) is 15.9 Å². The molecule has 1 fully saturated rings. The molecule has 1 N–H and O–H groups in total. The van der Waals surface area contributed by atoms with Crippen LogP contribution < -0.4 is 5.32 Å². The molecular formula is C17H21N3O3S2. The Balaban J connectivity index is 1.72. The highest BCUT2D eigenvalue weighted by Crippen LogP contribution is 2.26. The Bertz CT molecular complexity index is 860. The molecule has 6 nitrogen and oxygen atoms in total. The van der Waals surface area contributed by atoms with E-state index in [-0.39, 0.29) is 10.8 Å². The molecule has 0 unspecified atom stereocenters. The van der Waals surface area contributed by atoms with Gasteiger partial charge in [0.1, 0.15) is 11.0 Å². The fourth-order valence-corrected chi connectivity index (χ4v) is 5.27. The van der Waals surface area contributed by atoms with Crippen molar-refractivity contribution in [3.63, 3.8) is 0 Å². The Labute approximate surface area is 151 Å². The summed E-state index contributed by atoms with van der Waals surface area (Å²) >= 11 is 1.48. The number of thiazole rings is 1. The third kappa shape index (κ3) is 3.91. The van der Waals surface area contributed by atoms with E-state index < -0.39 is 16.1 Å². The van der Waals surface area contributed by atoms with Crippen molar-refractivity contribution < 1.29 is 13.2 Å². The highest BCUT2D eigenvalue weighted by Gasteiger charge is 2.39. The van der Waals surface area contributed by atoms with Gasteiger partial charge < -0.3 is 5.32 Å². The zero-order chi connectivity index (χ0) is 18.0. The van der Waals surface area contributed by atoms with E-state index in [0.29, 0.717) is 25.9 Å². The lowest BCUT2D eigenvalue weighted by Crippen LogP contribution is -2.45. The third-order valence-corrected chi connectivity index (χ3v) is 7.10. The fourth-order valence-electron chi connectivity index (χ4n) is 2.90. The molecule has 3 rings (SSSR count). The highest BCUT2D eigenvalue weighted by atomic mass is 32.2. The first kappa shape index (κ1) is 18.0. The number of hydrogen-bond acceptors (Lipinski definition) is 5. The number of aromatic nitrogens is 1. The van der Waals surface area contributed by atoms with Crippen molar-refractivity contribution in [2.75, 3.05) is 6.54 Å². The van der Waals surface area contributed by atoms with Crippen LogP contribution in [-0.2, 0) is 21.4 Å². The molecule has 1 aromatic carbocycles. The molecule has 0 radical (unpaired) electrons. The van der Waals surface area contributed by atoms with E-state index >= 15 is 0 Å². The highest BCUT2D eigenvalue weighted by molar-refractivity contribution is 7.89. The summed E-state index contributed by atoms with van der Waals surface area (Å²) in [5.74, 6) is -0.263. The lowest BCUT2D eigenvalue weighted by molar-refractivity contribution is -0.124. The van der Waals surface area contributed by atoms with Gasteiger partial charge in [-0.25, -0.2) is 13.4 Å². The smallest absolute Gasteiger partial charge is 0.243 e. The number of amides is 1. The SMILES string of the molecule is Cc1ccc(S(=O)(=O)N2CCC[C@H]2C(=O)NCc2nc(C)cs2)cc1. The molecule has 0 saturated carbocycles. The van der Waals surface area contributed by atoms with Crippen molar-refractivity contribution in [1.82, 2.24) is 14.6 Å². The maximum absolute atomic E-state index is 12.9. The van der Waals surface area contributed by atoms with Crippen LogP contribution in [0.4, 0.5) is 0 Å². The van der Waals surface area contributed by atoms with Crippen LogP contribution in [0, 0.1) is 13.8 Å². The topological polar surface area (TPSA) is 79.4 Å². The number of carbonyl (C=O) groups is 1. The number of benzene rings is 1. The molecule has 134 valence electrons. The monoisotopic (exact) mass is 379 g/mol. The van der Waals surface area contributed by atoms with Crippen LogP contribution in [0.1, 0.15) is 29.1 Å². The Morgan fingerprint density at radius 3 is 2.68 bits per heavy atom. The summed E-state index contributed by atoms with van der Waals surface area (Å²) in [4.78, 5) is 17.1. The molecule has 0 bridgehead atoms. The molecule has 0 aliphatic carbocycles. The molecule has 1 atom stereocenters. The number of hydrogen-bond donors (Lipinski definition) is 1. The predicted molar refractivity (Wildman–Crippen MR) is 96.8 cm³/mol. The van der Waals surface area contributed by atoms with Gasteiger partial charge >= 0.3 is 0 Å². The summed E-state index contributed by atoms with van der Waals surface area (Å²) in [6.45, 7) is 4.49. The van der Waals surface area contributed by atoms with E-state index in [9.17, 15) is 13.2 Å². The standard InChI is InChI=1S/C17H21N3O3S2/c1-12-5-7-14(8-6-12)25(22,23)20-9-3-4-15(20)17(21)18-10-16-19-13(2)11-24-16/h5-8,11,15H,3-4,9-10H2,1-2H3,(H,18,21)/t15-/m0/s1. The molecule has 8 heteroatoms. The molecule has 2 heterocycles. The Morgan fingerprint density at radius 1 is 1.32 bits per heavy atom. The number of aryl methyl sites for hydroxylation is 2. The predicted octanol–water partition coefficient (Wildman–Crippen LogP) is 2.23. The average molecular weight is 380 g/mol. The van der Waals surface area contributed by atoms with Gasteiger partial charge in [-0.15, -0.1) is 11.3 Å². The molecule has 0 spiro atoms. The lowest BCUT2D eigenvalue weighted by Gasteiger charge is -2.23. The van der Waals surface area contributed by atoms with Gasteiger partial charge in [-0.1, -0.05) is 17.7 Å². The molecule has 2 aromatic rings. The van der Waals surface area contributed by atoms with E-state index in [0.717, 1.165) is 16.3 Å². The van der Waals surface area contributed by atoms with Crippen molar-refractivity contribution in [1.29, 1.82) is 0 Å². The molecular weight excluding hydrogens is 358 g/mol. The van der Waals surface area contributed by atoms with Gasteiger partial charge in [0, 0.05) is 17.6 Å². The van der Waals surface area contributed by atoms with Crippen LogP contribution in [0.5, 0.6) is 0 Å². The number of nitrogens with one attached hydrogen (secondary N) is 1. The van der Waals surface area contributed by atoms with Gasteiger partial charge in [0.15, 0.2) is 0 Å². The number of nitrogens with zero attached hydrogens (tertiary/aromatic N) is 2. The van der Waals surface area contributed by atoms with E-state index in [1.54, 1.807) is 24.3 Å². The second-order valence-electron chi connectivity index (χ2n) is 6.19. The van der Waals surface area contributed by atoms with Crippen molar-refractivity contribution in [2.24, 2.45) is 0 Å². The second-order valence-corrected chi connectivity index (χ2v) is 9.02. The van der Waals surface area contributed by atoms with Crippen molar-refractivity contribution in [2.45, 2.75) is 44.2 Å². The number of sulfonamides is 1. The molecule has 1 aromatic heterocycles. The van der Waals surface area contributed by atoms with Crippen LogP contribution >= 0.6 is 11.3 Å². The van der Waals surface area contributed by atoms with Crippen LogP contribution in [0.2, 0.25) is 0 Å². The van der Waals surface area contributed by atoms with Crippen LogP contribution in [0.3, 0.4) is 0 Å². The Kier molecular flexibility index (Phi) is 5.21. The minimum atomic E-state index is -3.67. The average Bonchev–Trinajstić information content (AvgIpc) is 3.22. The van der Waals surface area contributed by atoms with Crippen molar-refractivity contribution in [3.05, 3.63) is 45.9 Å². The van der Waals surface area contributed by atoms with Crippen molar-refractivity contribution in [3.8, 4) is 0 Å². The quantitative estimate of drug-likeness (QED) is 0.864. The number of carbonyl (C=O) groups excluding carboxylic acids is 1. The van der Waals surface area contributed by atoms with E-state index in [4.69, 9.17) is 0 Å². The molecule has 1 saturated heterocycles. The van der Waals surface area contributed by atoms with E-state index in [1.807, 2.05) is 19.2 Å². The fraction of sp³-hybridized carbons (Fsp3) is 0.412. The zero-order valence-electron chi connectivity index (χ0n) is 14.2. The Hall–Kier alpha value is -1.77. The van der Waals surface area contributed by atoms with Gasteiger partial charge in [0.25, 0.3) is 0 Å². The first-order chi connectivity index (χ1) is 11.9. The summed E-state index contributed by atoms with van der Waals surface area (Å²) in [6.07, 6.45) is 1.22. The first-order valence-corrected chi connectivity index (χ1v) is 10.5. The maximum atomic E-state index is 12.9. The molecule has 1 amide bonds. The van der Waals surface area contributed by atoms with Gasteiger partial charge in [-0.05, 0) is 38.8 Å². The van der Waals surface area contributed by atoms with Crippen LogP contribution in [0.25, 0.3) is 0 Å². The summed E-state index contributed by atoms with van der Waals surface area (Å²) in [7, 11) is -3.67. The third-order valence-electron chi connectivity index (χ3n) is 4.21. The summed E-state index contributed by atoms with van der Waals surface area (Å²) < 4.78 is 27.1. The number of rotatable bonds is 5. The molecule has 25 heavy (non-hydrogen) atoms. The van der Waals surface area contributed by atoms with Crippen molar-refractivity contribution >= 4 is 27.3 Å². The second kappa shape index (κ2) is 7.23. The van der Waals surface area contributed by atoms with Crippen LogP contribution in [-0.4, -0.2) is 36.2 Å². The van der Waals surface area contributed by atoms with Gasteiger partial charge in [-0.2, -0.15) is 4.31 Å². The van der Waals surface area contributed by atoms with Crippen LogP contribution in [0.15, 0.2) is 34.5 Å². The Morgan fingerprint density at radius 2 is 2.04 bits per heavy atom. The van der Waals surface area contributed by atoms with E-state index in [1.165, 1.54) is 15.6 Å². The molecule has 1 aliphatic rings. The maximum Gasteiger partial charge on any atom is 0.243 e. The summed E-state index contributed by atoms with van der Waals surface area (Å²) in [5, 5.41) is 5.56. The normalized spacial score (nSPS) is 18.4. The zero-order valence-corrected chi connectivity index (χ0v) is 15.9. The summed E-state index contributed by atoms with van der Waals surface area (Å²) in [5.41, 5.74) is 1.91.